The van der Waals surface area contributed by atoms with Crippen LogP contribution in [-0.4, -0.2) is 20.9 Å². The molecule has 0 spiro atoms. The van der Waals surface area contributed by atoms with Gasteiger partial charge in [0.05, 0.1) is 29.8 Å². The van der Waals surface area contributed by atoms with Gasteiger partial charge in [-0.25, -0.2) is 9.78 Å². The largest absolute Gasteiger partial charge is 0.467 e. The zero-order valence-electron chi connectivity index (χ0n) is 18.0. The van der Waals surface area contributed by atoms with E-state index in [0.717, 1.165) is 16.8 Å². The van der Waals surface area contributed by atoms with Crippen LogP contribution in [-0.2, 0) is 6.54 Å². The molecular formula is C24H23ClN4O3. The van der Waals surface area contributed by atoms with Crippen LogP contribution in [0.2, 0.25) is 5.02 Å². The predicted octanol–water partition coefficient (Wildman–Crippen LogP) is 5.58. The molecule has 32 heavy (non-hydrogen) atoms. The summed E-state index contributed by atoms with van der Waals surface area (Å²) in [4.78, 5) is 35.0. The van der Waals surface area contributed by atoms with Gasteiger partial charge in [0.2, 0.25) is 0 Å². The molecule has 1 atom stereocenters. The van der Waals surface area contributed by atoms with Crippen LogP contribution in [0.3, 0.4) is 0 Å². The number of benzene rings is 2. The Kier molecular flexibility index (Phi) is 6.01. The van der Waals surface area contributed by atoms with Gasteiger partial charge in [-0.1, -0.05) is 29.8 Å². The van der Waals surface area contributed by atoms with Crippen molar-refractivity contribution in [2.45, 2.75) is 33.4 Å². The fourth-order valence-corrected chi connectivity index (χ4v) is 3.79. The Morgan fingerprint density at radius 1 is 1.19 bits per heavy atom. The molecule has 2 aromatic carbocycles. The number of aromatic nitrogens is 2. The maximum absolute atomic E-state index is 13.4. The van der Waals surface area contributed by atoms with Gasteiger partial charge in [-0.2, -0.15) is 0 Å². The average molecular weight is 451 g/mol. The second-order valence-corrected chi connectivity index (χ2v) is 8.13. The maximum atomic E-state index is 13.4. The number of carbonyl (C=O) groups excluding carboxylic acids is 1. The number of aryl methyl sites for hydroxylation is 2. The lowest BCUT2D eigenvalue weighted by Gasteiger charge is -2.28. The molecule has 0 saturated carbocycles. The van der Waals surface area contributed by atoms with Crippen molar-refractivity contribution >= 4 is 34.2 Å². The number of aromatic amines is 1. The third-order valence-electron chi connectivity index (χ3n) is 5.43. The van der Waals surface area contributed by atoms with Crippen molar-refractivity contribution in [3.8, 4) is 0 Å². The van der Waals surface area contributed by atoms with Crippen molar-refractivity contribution in [1.82, 2.24) is 14.9 Å². The first-order valence-electron chi connectivity index (χ1n) is 10.2. The van der Waals surface area contributed by atoms with E-state index in [1.807, 2.05) is 39.0 Å². The fraction of sp³-hybridized carbons (Fsp3) is 0.208. The van der Waals surface area contributed by atoms with Crippen LogP contribution in [0.4, 0.5) is 10.5 Å². The Labute approximate surface area is 190 Å². The van der Waals surface area contributed by atoms with E-state index < -0.39 is 6.04 Å². The zero-order valence-corrected chi connectivity index (χ0v) is 18.7. The molecule has 0 aliphatic heterocycles. The molecule has 2 heterocycles. The molecule has 4 aromatic rings. The van der Waals surface area contributed by atoms with E-state index in [2.05, 4.69) is 15.3 Å². The summed E-state index contributed by atoms with van der Waals surface area (Å²) in [7, 11) is 0. The number of carbonyl (C=O) groups is 1. The standard InChI is InChI=1S/C24H23ClN4O3/c1-14-6-4-7-15(2)21(14)27-24(31)29(13-18-8-5-11-32-18)16(3)22-26-20-12-17(25)9-10-19(20)23(30)28-22/h4-12,16H,13H2,1-3H3,(H,27,31)(H,26,28,30). The zero-order chi connectivity index (χ0) is 22.8. The number of fused-ring (bicyclic) bond motifs is 1. The van der Waals surface area contributed by atoms with Crippen molar-refractivity contribution < 1.29 is 9.21 Å². The summed E-state index contributed by atoms with van der Waals surface area (Å²) in [5.41, 5.74) is 2.84. The third-order valence-corrected chi connectivity index (χ3v) is 5.67. The second-order valence-electron chi connectivity index (χ2n) is 7.69. The first-order chi connectivity index (χ1) is 15.3. The predicted molar refractivity (Wildman–Crippen MR) is 125 cm³/mol. The van der Waals surface area contributed by atoms with Gasteiger partial charge in [0.25, 0.3) is 5.56 Å². The van der Waals surface area contributed by atoms with Crippen molar-refractivity contribution in [2.24, 2.45) is 0 Å². The number of hydrogen-bond acceptors (Lipinski definition) is 4. The minimum atomic E-state index is -0.555. The van der Waals surface area contributed by atoms with Crippen LogP contribution in [0.25, 0.3) is 10.9 Å². The topological polar surface area (TPSA) is 91.2 Å². The highest BCUT2D eigenvalue weighted by atomic mass is 35.5. The number of furan rings is 1. The molecule has 2 amide bonds. The Hall–Kier alpha value is -3.58. The summed E-state index contributed by atoms with van der Waals surface area (Å²) in [5, 5.41) is 3.92. The van der Waals surface area contributed by atoms with Gasteiger partial charge >= 0.3 is 6.03 Å². The molecule has 0 saturated heterocycles. The molecule has 0 aliphatic rings. The Morgan fingerprint density at radius 2 is 1.94 bits per heavy atom. The number of rotatable bonds is 5. The van der Waals surface area contributed by atoms with Crippen molar-refractivity contribution in [3.05, 3.63) is 92.9 Å². The van der Waals surface area contributed by atoms with E-state index in [-0.39, 0.29) is 18.1 Å². The Balaban J connectivity index is 1.72. The monoisotopic (exact) mass is 450 g/mol. The molecule has 0 aliphatic carbocycles. The van der Waals surface area contributed by atoms with Crippen LogP contribution in [0.5, 0.6) is 0 Å². The maximum Gasteiger partial charge on any atom is 0.322 e. The van der Waals surface area contributed by atoms with Crippen LogP contribution >= 0.6 is 11.6 Å². The SMILES string of the molecule is Cc1cccc(C)c1NC(=O)N(Cc1ccco1)C(C)c1nc2cc(Cl)ccc2c(=O)[nH]1. The van der Waals surface area contributed by atoms with E-state index in [4.69, 9.17) is 16.0 Å². The van der Waals surface area contributed by atoms with E-state index in [1.54, 1.807) is 41.5 Å². The highest BCUT2D eigenvalue weighted by Crippen LogP contribution is 2.25. The molecule has 8 heteroatoms. The fourth-order valence-electron chi connectivity index (χ4n) is 3.62. The Bertz CT molecular complexity index is 1310. The van der Waals surface area contributed by atoms with E-state index in [1.165, 1.54) is 0 Å². The summed E-state index contributed by atoms with van der Waals surface area (Å²) in [5.74, 6) is 0.965. The molecule has 7 nitrogen and oxygen atoms in total. The van der Waals surface area contributed by atoms with Gasteiger partial charge in [-0.3, -0.25) is 4.79 Å². The number of H-pyrrole nitrogens is 1. The molecule has 0 radical (unpaired) electrons. The normalized spacial score (nSPS) is 12.0. The van der Waals surface area contributed by atoms with Gasteiger partial charge < -0.3 is 19.6 Å². The highest BCUT2D eigenvalue weighted by Gasteiger charge is 2.26. The average Bonchev–Trinajstić information content (AvgIpc) is 3.27. The first kappa shape index (κ1) is 21.6. The van der Waals surface area contributed by atoms with E-state index >= 15 is 0 Å². The smallest absolute Gasteiger partial charge is 0.322 e. The lowest BCUT2D eigenvalue weighted by Crippen LogP contribution is -2.38. The van der Waals surface area contributed by atoms with Gasteiger partial charge in [0, 0.05) is 10.7 Å². The summed E-state index contributed by atoms with van der Waals surface area (Å²) in [6, 6.07) is 13.4. The van der Waals surface area contributed by atoms with Gasteiger partial charge in [-0.05, 0) is 62.2 Å². The first-order valence-corrected chi connectivity index (χ1v) is 10.6. The molecular weight excluding hydrogens is 428 g/mol. The molecule has 2 aromatic heterocycles. The Morgan fingerprint density at radius 3 is 2.62 bits per heavy atom. The number of halogens is 1. The number of hydrogen-bond donors (Lipinski definition) is 2. The van der Waals surface area contributed by atoms with E-state index in [0.29, 0.717) is 27.5 Å². The van der Waals surface area contributed by atoms with Crippen molar-refractivity contribution in [1.29, 1.82) is 0 Å². The molecule has 2 N–H and O–H groups in total. The van der Waals surface area contributed by atoms with Crippen LogP contribution in [0.15, 0.2) is 64.0 Å². The van der Waals surface area contributed by atoms with Crippen LogP contribution in [0, 0.1) is 13.8 Å². The molecule has 1 unspecified atom stereocenters. The number of urea groups is 1. The third kappa shape index (κ3) is 4.38. The lowest BCUT2D eigenvalue weighted by atomic mass is 10.1. The summed E-state index contributed by atoms with van der Waals surface area (Å²) >= 11 is 6.09. The summed E-state index contributed by atoms with van der Waals surface area (Å²) < 4.78 is 5.48. The molecule has 0 bridgehead atoms. The van der Waals surface area contributed by atoms with E-state index in [9.17, 15) is 9.59 Å². The quantitative estimate of drug-likeness (QED) is 0.415. The number of amides is 2. The minimum absolute atomic E-state index is 0.197. The molecule has 164 valence electrons. The van der Waals surface area contributed by atoms with Gasteiger partial charge in [-0.15, -0.1) is 0 Å². The molecule has 0 fully saturated rings. The van der Waals surface area contributed by atoms with Crippen molar-refractivity contribution in [3.63, 3.8) is 0 Å². The number of anilines is 1. The van der Waals surface area contributed by atoms with Crippen molar-refractivity contribution in [2.75, 3.05) is 5.32 Å². The summed E-state index contributed by atoms with van der Waals surface area (Å²) in [6.45, 7) is 5.88. The van der Waals surface area contributed by atoms with Crippen LogP contribution in [0.1, 0.15) is 35.7 Å². The highest BCUT2D eigenvalue weighted by molar-refractivity contribution is 6.31. The van der Waals surface area contributed by atoms with Crippen LogP contribution < -0.4 is 10.9 Å². The number of nitrogens with zero attached hydrogens (tertiary/aromatic N) is 2. The second kappa shape index (κ2) is 8.88. The lowest BCUT2D eigenvalue weighted by molar-refractivity contribution is 0.180. The van der Waals surface area contributed by atoms with Gasteiger partial charge in [0.15, 0.2) is 0 Å². The van der Waals surface area contributed by atoms with Gasteiger partial charge in [0.1, 0.15) is 11.6 Å². The number of nitrogens with one attached hydrogen (secondary N) is 2. The molecule has 4 rings (SSSR count). The minimum Gasteiger partial charge on any atom is -0.467 e. The summed E-state index contributed by atoms with van der Waals surface area (Å²) in [6.07, 6.45) is 1.56. The number of para-hydroxylation sites is 1.